The highest BCUT2D eigenvalue weighted by Crippen LogP contribution is 2.10. The van der Waals surface area contributed by atoms with E-state index in [-0.39, 0.29) is 18.7 Å². The zero-order chi connectivity index (χ0) is 14.4. The third-order valence-electron chi connectivity index (χ3n) is 2.45. The lowest BCUT2D eigenvalue weighted by Crippen LogP contribution is -2.24. The van der Waals surface area contributed by atoms with Gasteiger partial charge in [-0.05, 0) is 18.2 Å². The molecule has 1 aromatic carbocycles. The van der Waals surface area contributed by atoms with Crippen molar-refractivity contribution in [3.63, 3.8) is 0 Å². The van der Waals surface area contributed by atoms with Gasteiger partial charge < -0.3 is 14.9 Å². The third-order valence-corrected chi connectivity index (χ3v) is 2.45. The van der Waals surface area contributed by atoms with Gasteiger partial charge in [-0.15, -0.1) is 0 Å². The molecule has 0 saturated heterocycles. The van der Waals surface area contributed by atoms with Crippen molar-refractivity contribution in [3.8, 4) is 11.8 Å². The largest absolute Gasteiger partial charge is 0.384 e. The van der Waals surface area contributed by atoms with E-state index in [9.17, 15) is 9.18 Å². The lowest BCUT2D eigenvalue weighted by Gasteiger charge is -2.05. The summed E-state index contributed by atoms with van der Waals surface area (Å²) in [6.45, 7) is -0.171. The van der Waals surface area contributed by atoms with E-state index in [0.29, 0.717) is 11.3 Å². The number of aromatic nitrogens is 1. The van der Waals surface area contributed by atoms with Gasteiger partial charge in [0.25, 0.3) is 5.91 Å². The van der Waals surface area contributed by atoms with Crippen LogP contribution in [0.25, 0.3) is 0 Å². The molecule has 0 bridgehead atoms. The van der Waals surface area contributed by atoms with E-state index in [2.05, 4.69) is 26.8 Å². The average molecular weight is 274 g/mol. The van der Waals surface area contributed by atoms with Crippen LogP contribution in [0.15, 0.2) is 35.1 Å². The smallest absolute Gasteiger partial charge is 0.252 e. The van der Waals surface area contributed by atoms with E-state index in [1.54, 1.807) is 6.07 Å². The van der Waals surface area contributed by atoms with Crippen molar-refractivity contribution in [2.45, 2.75) is 6.54 Å². The summed E-state index contributed by atoms with van der Waals surface area (Å²) in [7, 11) is 0. The number of amides is 1. The fourth-order valence-electron chi connectivity index (χ4n) is 1.54. The Bertz CT molecular complexity index is 657. The first-order valence-corrected chi connectivity index (χ1v) is 5.77. The fraction of sp³-hybridized carbons (Fsp3) is 0.143. The number of nitrogens with zero attached hydrogens (tertiary/aromatic N) is 1. The number of rotatable bonds is 3. The third kappa shape index (κ3) is 3.43. The van der Waals surface area contributed by atoms with Gasteiger partial charge >= 0.3 is 0 Å². The number of nitrogens with one attached hydrogen (secondary N) is 1. The maximum Gasteiger partial charge on any atom is 0.252 e. The summed E-state index contributed by atoms with van der Waals surface area (Å²) in [6.07, 6.45) is 1.39. The highest BCUT2D eigenvalue weighted by Gasteiger charge is 2.12. The molecule has 0 aliphatic rings. The topological polar surface area (TPSA) is 75.4 Å². The number of hydrogen-bond acceptors (Lipinski definition) is 4. The second kappa shape index (κ2) is 6.50. The molecule has 102 valence electrons. The molecule has 0 fully saturated rings. The Morgan fingerprint density at radius 3 is 3.00 bits per heavy atom. The van der Waals surface area contributed by atoms with Crippen molar-refractivity contribution < 1.29 is 18.8 Å². The highest BCUT2D eigenvalue weighted by molar-refractivity contribution is 5.96. The summed E-state index contributed by atoms with van der Waals surface area (Å²) in [6, 6.07) is 5.30. The molecule has 0 aliphatic heterocycles. The number of carbonyl (C=O) groups is 1. The normalized spacial score (nSPS) is 9.70. The van der Waals surface area contributed by atoms with Crippen molar-refractivity contribution in [1.82, 2.24) is 10.5 Å². The van der Waals surface area contributed by atoms with Crippen LogP contribution in [-0.4, -0.2) is 22.8 Å². The molecule has 1 heterocycles. The molecule has 0 aliphatic carbocycles. The average Bonchev–Trinajstić information content (AvgIpc) is 2.96. The van der Waals surface area contributed by atoms with Crippen molar-refractivity contribution in [2.24, 2.45) is 0 Å². The first-order chi connectivity index (χ1) is 9.70. The molecule has 0 unspecified atom stereocenters. The van der Waals surface area contributed by atoms with E-state index < -0.39 is 11.7 Å². The molecule has 6 heteroatoms. The molecular weight excluding hydrogens is 263 g/mol. The molecule has 2 rings (SSSR count). The molecule has 20 heavy (non-hydrogen) atoms. The van der Waals surface area contributed by atoms with Gasteiger partial charge in [0.2, 0.25) is 0 Å². The van der Waals surface area contributed by atoms with Gasteiger partial charge in [0.1, 0.15) is 24.4 Å². The van der Waals surface area contributed by atoms with Crippen LogP contribution < -0.4 is 5.32 Å². The molecule has 1 amide bonds. The first kappa shape index (κ1) is 13.8. The zero-order valence-corrected chi connectivity index (χ0v) is 10.4. The van der Waals surface area contributed by atoms with Gasteiger partial charge in [-0.25, -0.2) is 4.39 Å². The molecule has 0 radical (unpaired) electrons. The summed E-state index contributed by atoms with van der Waals surface area (Å²) in [5.74, 6) is 4.01. The molecule has 1 aromatic heterocycles. The Morgan fingerprint density at radius 2 is 2.30 bits per heavy atom. The minimum atomic E-state index is -0.536. The number of aliphatic hydroxyl groups excluding tert-OH is 1. The van der Waals surface area contributed by atoms with E-state index >= 15 is 0 Å². The molecule has 2 N–H and O–H groups in total. The van der Waals surface area contributed by atoms with Gasteiger partial charge in [0.05, 0.1) is 12.1 Å². The van der Waals surface area contributed by atoms with Crippen molar-refractivity contribution in [3.05, 3.63) is 53.2 Å². The fourth-order valence-corrected chi connectivity index (χ4v) is 1.54. The summed E-state index contributed by atoms with van der Waals surface area (Å²) >= 11 is 0. The van der Waals surface area contributed by atoms with Gasteiger partial charge in [-0.2, -0.15) is 0 Å². The summed E-state index contributed by atoms with van der Waals surface area (Å²) in [4.78, 5) is 12.0. The Labute approximate surface area is 114 Å². The second-order valence-electron chi connectivity index (χ2n) is 3.82. The zero-order valence-electron chi connectivity index (χ0n) is 10.4. The van der Waals surface area contributed by atoms with Gasteiger partial charge in [-0.3, -0.25) is 4.79 Å². The van der Waals surface area contributed by atoms with E-state index in [0.717, 1.165) is 6.07 Å². The van der Waals surface area contributed by atoms with Crippen LogP contribution in [0, 0.1) is 17.7 Å². The van der Waals surface area contributed by atoms with Crippen LogP contribution >= 0.6 is 0 Å². The number of aliphatic hydroxyl groups is 1. The number of carbonyl (C=O) groups excluding carboxylic acids is 1. The van der Waals surface area contributed by atoms with E-state index in [4.69, 9.17) is 5.11 Å². The van der Waals surface area contributed by atoms with Gasteiger partial charge in [0.15, 0.2) is 0 Å². The monoisotopic (exact) mass is 274 g/mol. The lowest BCUT2D eigenvalue weighted by molar-refractivity contribution is 0.0949. The molecule has 0 atom stereocenters. The van der Waals surface area contributed by atoms with Crippen molar-refractivity contribution >= 4 is 5.91 Å². The standard InChI is InChI=1S/C14H11FN2O3/c15-11-4-3-10(2-1-6-18)13(8-11)14(19)16-9-12-5-7-20-17-12/h3-5,7-8,18H,6,9H2,(H,16,19). The Morgan fingerprint density at radius 1 is 1.45 bits per heavy atom. The van der Waals surface area contributed by atoms with Crippen molar-refractivity contribution in [1.29, 1.82) is 0 Å². The molecule has 0 spiro atoms. The van der Waals surface area contributed by atoms with Crippen LogP contribution in [0.1, 0.15) is 21.6 Å². The molecule has 2 aromatic rings. The predicted molar refractivity (Wildman–Crippen MR) is 68.0 cm³/mol. The molecular formula is C14H11FN2O3. The number of hydrogen-bond donors (Lipinski definition) is 2. The number of benzene rings is 1. The quantitative estimate of drug-likeness (QED) is 0.821. The van der Waals surface area contributed by atoms with E-state index in [1.165, 1.54) is 18.4 Å². The van der Waals surface area contributed by atoms with Gasteiger partial charge in [0, 0.05) is 11.6 Å². The minimum Gasteiger partial charge on any atom is -0.384 e. The predicted octanol–water partition coefficient (Wildman–Crippen LogP) is 1.09. The van der Waals surface area contributed by atoms with Crippen LogP contribution in [0.5, 0.6) is 0 Å². The highest BCUT2D eigenvalue weighted by atomic mass is 19.1. The summed E-state index contributed by atoms with van der Waals surface area (Å²) in [5, 5.41) is 14.9. The molecule has 5 nitrogen and oxygen atoms in total. The minimum absolute atomic E-state index is 0.106. The van der Waals surface area contributed by atoms with Crippen LogP contribution in [0.4, 0.5) is 4.39 Å². The second-order valence-corrected chi connectivity index (χ2v) is 3.82. The van der Waals surface area contributed by atoms with Crippen LogP contribution in [0.2, 0.25) is 0 Å². The van der Waals surface area contributed by atoms with Crippen LogP contribution in [-0.2, 0) is 6.54 Å². The summed E-state index contributed by atoms with van der Waals surface area (Å²) < 4.78 is 17.9. The lowest BCUT2D eigenvalue weighted by atomic mass is 10.1. The molecule has 0 saturated carbocycles. The maximum atomic E-state index is 13.2. The Kier molecular flexibility index (Phi) is 4.47. The van der Waals surface area contributed by atoms with Crippen molar-refractivity contribution in [2.75, 3.05) is 6.61 Å². The maximum absolute atomic E-state index is 13.2. The number of halogens is 1. The first-order valence-electron chi connectivity index (χ1n) is 5.77. The van der Waals surface area contributed by atoms with E-state index in [1.807, 2.05) is 0 Å². The Balaban J connectivity index is 2.17. The Hall–Kier alpha value is -2.65. The van der Waals surface area contributed by atoms with Crippen LogP contribution in [0.3, 0.4) is 0 Å². The van der Waals surface area contributed by atoms with Gasteiger partial charge in [-0.1, -0.05) is 17.0 Å². The summed E-state index contributed by atoms with van der Waals surface area (Å²) in [5.41, 5.74) is 1.00. The SMILES string of the molecule is O=C(NCc1ccon1)c1cc(F)ccc1C#CCO.